The summed E-state index contributed by atoms with van der Waals surface area (Å²) in [5.74, 6) is -2.05. The fourth-order valence-corrected chi connectivity index (χ4v) is 0.744. The minimum Gasteiger partial charge on any atom is -0.477 e. The van der Waals surface area contributed by atoms with Gasteiger partial charge in [-0.15, -0.1) is 0 Å². The van der Waals surface area contributed by atoms with Crippen molar-refractivity contribution < 1.29 is 19.4 Å². The Morgan fingerprint density at radius 3 is 2.29 bits per heavy atom. The number of benzene rings is 1. The largest absolute Gasteiger partial charge is 0.477 e. The van der Waals surface area contributed by atoms with E-state index in [1.807, 2.05) is 0 Å². The molecule has 1 aromatic carbocycles. The lowest BCUT2D eigenvalue weighted by molar-refractivity contribution is -0.138. The van der Waals surface area contributed by atoms with Crippen molar-refractivity contribution in [2.75, 3.05) is 0 Å². The first-order chi connectivity index (χ1) is 6.61. The number of aliphatic carboxylic acids is 1. The molecule has 0 saturated carbocycles. The minimum absolute atomic E-state index is 0.292. The molecule has 0 radical (unpaired) electrons. The summed E-state index contributed by atoms with van der Waals surface area (Å²) in [7, 11) is 0. The van der Waals surface area contributed by atoms with Crippen molar-refractivity contribution in [3.8, 4) is 5.75 Å². The van der Waals surface area contributed by atoms with E-state index in [0.717, 1.165) is 0 Å². The molecule has 0 aliphatic heterocycles. The fraction of sp³-hybridized carbons (Fsp3) is 0. The number of rotatable bonds is 3. The van der Waals surface area contributed by atoms with Crippen LogP contribution in [0.5, 0.6) is 5.75 Å². The molecule has 0 atom stereocenters. The lowest BCUT2D eigenvalue weighted by atomic mass is 10.3. The first-order valence-electron chi connectivity index (χ1n) is 3.80. The van der Waals surface area contributed by atoms with Gasteiger partial charge in [-0.2, -0.15) is 0 Å². The quantitative estimate of drug-likeness (QED) is 0.257. The van der Waals surface area contributed by atoms with Gasteiger partial charge in [-0.1, -0.05) is 24.8 Å². The van der Waals surface area contributed by atoms with Crippen molar-refractivity contribution in [1.82, 2.24) is 0 Å². The Morgan fingerprint density at radius 1 is 1.21 bits per heavy atom. The van der Waals surface area contributed by atoms with Crippen LogP contribution < -0.4 is 4.74 Å². The normalized spacial score (nSPS) is 9.14. The molecule has 0 aliphatic rings. The maximum absolute atomic E-state index is 11.1. The van der Waals surface area contributed by atoms with E-state index >= 15 is 0 Å². The van der Waals surface area contributed by atoms with Gasteiger partial charge in [0.1, 0.15) is 11.3 Å². The van der Waals surface area contributed by atoms with Crippen molar-refractivity contribution in [1.29, 1.82) is 0 Å². The molecule has 1 N–H and O–H groups in total. The van der Waals surface area contributed by atoms with Crippen LogP contribution in [0.3, 0.4) is 0 Å². The van der Waals surface area contributed by atoms with E-state index < -0.39 is 17.5 Å². The van der Waals surface area contributed by atoms with E-state index in [9.17, 15) is 9.59 Å². The van der Waals surface area contributed by atoms with E-state index in [4.69, 9.17) is 9.84 Å². The van der Waals surface area contributed by atoms with E-state index in [0.29, 0.717) is 5.75 Å². The zero-order chi connectivity index (χ0) is 10.6. The van der Waals surface area contributed by atoms with Crippen LogP contribution in [0.1, 0.15) is 0 Å². The molecule has 72 valence electrons. The van der Waals surface area contributed by atoms with Gasteiger partial charge in [0.2, 0.25) is 0 Å². The molecule has 0 fully saturated rings. The SMILES string of the molecule is C=C(C(=O)O)C(=O)Oc1ccccc1. The summed E-state index contributed by atoms with van der Waals surface area (Å²) < 4.78 is 4.72. The van der Waals surface area contributed by atoms with Gasteiger partial charge in [-0.3, -0.25) is 0 Å². The third kappa shape index (κ3) is 2.45. The molecule has 0 unspecified atom stereocenters. The van der Waals surface area contributed by atoms with E-state index in [2.05, 4.69) is 6.58 Å². The van der Waals surface area contributed by atoms with Crippen LogP contribution in [0.2, 0.25) is 0 Å². The Morgan fingerprint density at radius 2 is 1.79 bits per heavy atom. The number of carbonyl (C=O) groups is 2. The van der Waals surface area contributed by atoms with Crippen molar-refractivity contribution in [2.45, 2.75) is 0 Å². The van der Waals surface area contributed by atoms with Gasteiger partial charge < -0.3 is 9.84 Å². The maximum atomic E-state index is 11.1. The highest BCUT2D eigenvalue weighted by Crippen LogP contribution is 2.10. The van der Waals surface area contributed by atoms with Gasteiger partial charge in [-0.25, -0.2) is 9.59 Å². The van der Waals surface area contributed by atoms with Crippen LogP contribution in [0.25, 0.3) is 0 Å². The van der Waals surface area contributed by atoms with Crippen molar-refractivity contribution in [2.24, 2.45) is 0 Å². The summed E-state index contributed by atoms with van der Waals surface area (Å²) in [6.45, 7) is 3.08. The predicted octanol–water partition coefficient (Wildman–Crippen LogP) is 1.23. The molecule has 4 nitrogen and oxygen atoms in total. The average molecular weight is 192 g/mol. The Bertz CT molecular complexity index is 367. The smallest absolute Gasteiger partial charge is 0.350 e. The Kier molecular flexibility index (Phi) is 3.01. The molecular formula is C10H8O4. The van der Waals surface area contributed by atoms with Crippen LogP contribution in [0.4, 0.5) is 0 Å². The molecule has 0 amide bonds. The Hall–Kier alpha value is -2.10. The third-order valence-corrected chi connectivity index (χ3v) is 1.46. The maximum Gasteiger partial charge on any atom is 0.350 e. The van der Waals surface area contributed by atoms with Gasteiger partial charge in [0.05, 0.1) is 0 Å². The second kappa shape index (κ2) is 4.23. The molecule has 4 heteroatoms. The van der Waals surface area contributed by atoms with Crippen LogP contribution >= 0.6 is 0 Å². The molecule has 0 aliphatic carbocycles. The number of ether oxygens (including phenoxy) is 1. The lowest BCUT2D eigenvalue weighted by Crippen LogP contribution is -2.16. The number of hydrogen-bond donors (Lipinski definition) is 1. The molecule has 0 saturated heterocycles. The summed E-state index contributed by atoms with van der Waals surface area (Å²) in [6.07, 6.45) is 0. The number of para-hydroxylation sites is 1. The molecule has 1 rings (SSSR count). The number of hydrogen-bond acceptors (Lipinski definition) is 3. The van der Waals surface area contributed by atoms with Crippen molar-refractivity contribution >= 4 is 11.9 Å². The minimum atomic E-state index is -1.38. The van der Waals surface area contributed by atoms with Gasteiger partial charge in [0.15, 0.2) is 0 Å². The van der Waals surface area contributed by atoms with Crippen LogP contribution in [0, 0.1) is 0 Å². The highest BCUT2D eigenvalue weighted by molar-refractivity contribution is 6.13. The molecule has 0 heterocycles. The molecule has 0 spiro atoms. The van der Waals surface area contributed by atoms with E-state index in [-0.39, 0.29) is 0 Å². The van der Waals surface area contributed by atoms with Gasteiger partial charge in [0.25, 0.3) is 0 Å². The van der Waals surface area contributed by atoms with Gasteiger partial charge in [0, 0.05) is 0 Å². The number of carbonyl (C=O) groups excluding carboxylic acids is 1. The number of esters is 1. The Balaban J connectivity index is 2.67. The van der Waals surface area contributed by atoms with E-state index in [1.54, 1.807) is 30.3 Å². The summed E-state index contributed by atoms with van der Waals surface area (Å²) in [4.78, 5) is 21.4. The summed E-state index contributed by atoms with van der Waals surface area (Å²) in [6, 6.07) is 8.20. The zero-order valence-electron chi connectivity index (χ0n) is 7.27. The average Bonchev–Trinajstić information content (AvgIpc) is 2.18. The lowest BCUT2D eigenvalue weighted by Gasteiger charge is -2.02. The summed E-state index contributed by atoms with van der Waals surface area (Å²) >= 11 is 0. The Labute approximate surface area is 80.4 Å². The molecule has 0 bridgehead atoms. The third-order valence-electron chi connectivity index (χ3n) is 1.46. The van der Waals surface area contributed by atoms with Crippen LogP contribution in [0.15, 0.2) is 42.5 Å². The van der Waals surface area contributed by atoms with Crippen molar-refractivity contribution in [3.05, 3.63) is 42.5 Å². The fourth-order valence-electron chi connectivity index (χ4n) is 0.744. The van der Waals surface area contributed by atoms with Gasteiger partial charge >= 0.3 is 11.9 Å². The standard InChI is InChI=1S/C10H8O4/c1-7(9(11)12)10(13)14-8-5-3-2-4-6-8/h2-6H,1H2,(H,11,12). The molecule has 14 heavy (non-hydrogen) atoms. The number of carboxylic acid groups (broad SMARTS) is 1. The summed E-state index contributed by atoms with van der Waals surface area (Å²) in [5, 5.41) is 8.43. The summed E-state index contributed by atoms with van der Waals surface area (Å²) in [5.41, 5.74) is -0.589. The zero-order valence-corrected chi connectivity index (χ0v) is 7.27. The first-order valence-corrected chi connectivity index (χ1v) is 3.80. The monoisotopic (exact) mass is 192 g/mol. The van der Waals surface area contributed by atoms with Crippen LogP contribution in [-0.4, -0.2) is 17.0 Å². The highest BCUT2D eigenvalue weighted by Gasteiger charge is 2.16. The van der Waals surface area contributed by atoms with E-state index in [1.165, 1.54) is 0 Å². The topological polar surface area (TPSA) is 63.6 Å². The second-order valence-corrected chi connectivity index (χ2v) is 2.49. The van der Waals surface area contributed by atoms with Gasteiger partial charge in [-0.05, 0) is 12.1 Å². The highest BCUT2D eigenvalue weighted by atomic mass is 16.5. The predicted molar refractivity (Wildman–Crippen MR) is 48.9 cm³/mol. The van der Waals surface area contributed by atoms with Crippen LogP contribution in [-0.2, 0) is 9.59 Å². The van der Waals surface area contributed by atoms with Crippen molar-refractivity contribution in [3.63, 3.8) is 0 Å². The first kappa shape index (κ1) is 9.98. The second-order valence-electron chi connectivity index (χ2n) is 2.49. The molecular weight excluding hydrogens is 184 g/mol. The molecule has 0 aromatic heterocycles. The molecule has 1 aromatic rings. The number of carboxylic acids is 1.